The molecule has 2 N–H and O–H groups in total. The van der Waals surface area contributed by atoms with E-state index in [1.807, 2.05) is 0 Å². The van der Waals surface area contributed by atoms with Crippen LogP contribution in [-0.2, 0) is 0 Å². The highest BCUT2D eigenvalue weighted by atomic mass is 19.4. The first-order chi connectivity index (χ1) is 15.6. The molecule has 1 aliphatic rings. The maximum atomic E-state index is 13.7. The van der Waals surface area contributed by atoms with Gasteiger partial charge in [-0.2, -0.15) is 13.2 Å². The molecule has 1 fully saturated rings. The van der Waals surface area contributed by atoms with Crippen LogP contribution in [0.1, 0.15) is 16.8 Å². The van der Waals surface area contributed by atoms with Gasteiger partial charge >= 0.3 is 6.18 Å². The number of hydrazine groups is 1. The topological polar surface area (TPSA) is 83.9 Å². The van der Waals surface area contributed by atoms with Crippen molar-refractivity contribution in [2.75, 3.05) is 14.2 Å². The number of aromatic nitrogens is 1. The number of carbonyl (C=O) groups excluding carboxylic acids is 1. The minimum Gasteiger partial charge on any atom is -0.497 e. The third-order valence-electron chi connectivity index (χ3n) is 5.39. The van der Waals surface area contributed by atoms with Gasteiger partial charge in [0.1, 0.15) is 11.5 Å². The Balaban J connectivity index is 1.90. The van der Waals surface area contributed by atoms with E-state index in [2.05, 4.69) is 17.0 Å². The lowest BCUT2D eigenvalue weighted by Gasteiger charge is -2.33. The molecular weight excluding hydrogens is 439 g/mol. The van der Waals surface area contributed by atoms with Gasteiger partial charge in [-0.3, -0.25) is 10.2 Å². The van der Waals surface area contributed by atoms with Gasteiger partial charge in [0.25, 0.3) is 11.6 Å². The summed E-state index contributed by atoms with van der Waals surface area (Å²) in [6.07, 6.45) is -6.00. The van der Waals surface area contributed by atoms with E-state index in [-0.39, 0.29) is 16.3 Å². The van der Waals surface area contributed by atoms with Gasteiger partial charge in [-0.15, -0.1) is 0 Å². The summed E-state index contributed by atoms with van der Waals surface area (Å²) < 4.78 is 51.7. The maximum absolute atomic E-state index is 13.7. The summed E-state index contributed by atoms with van der Waals surface area (Å²) in [5.41, 5.74) is -0.219. The van der Waals surface area contributed by atoms with Gasteiger partial charge in [-0.1, -0.05) is 24.8 Å². The highest BCUT2D eigenvalue weighted by Crippen LogP contribution is 2.42. The molecule has 1 saturated heterocycles. The predicted molar refractivity (Wildman–Crippen MR) is 114 cm³/mol. The molecule has 0 bridgehead atoms. The second-order valence-electron chi connectivity index (χ2n) is 7.49. The molecule has 2 aromatic carbocycles. The summed E-state index contributed by atoms with van der Waals surface area (Å²) in [6, 6.07) is 12.9. The average Bonchev–Trinajstić information content (AvgIpc) is 3.12. The Hall–Kier alpha value is -3.79. The number of aliphatic hydroxyl groups is 1. The summed E-state index contributed by atoms with van der Waals surface area (Å²) in [7, 11) is 2.95. The molecule has 0 saturated carbocycles. The number of nitrogens with zero attached hydrogens (tertiary/aromatic N) is 2. The number of carbonyl (C=O) groups is 1. The molecule has 3 aromatic rings. The molecule has 4 rings (SSSR count). The number of nitrogens with one attached hydrogen (secondary N) is 1. The number of hydrogen-bond donors (Lipinski definition) is 2. The van der Waals surface area contributed by atoms with Crippen LogP contribution in [0.5, 0.6) is 11.5 Å². The summed E-state index contributed by atoms with van der Waals surface area (Å²) >= 11 is 0. The molecule has 1 unspecified atom stereocenters. The normalized spacial score (nSPS) is 18.4. The molecule has 1 amide bonds. The largest absolute Gasteiger partial charge is 0.497 e. The molecule has 33 heavy (non-hydrogen) atoms. The molecule has 2 heterocycles. The van der Waals surface area contributed by atoms with Gasteiger partial charge in [-0.05, 0) is 24.3 Å². The summed E-state index contributed by atoms with van der Waals surface area (Å²) in [4.78, 5) is 18.0. The first-order valence-corrected chi connectivity index (χ1v) is 9.79. The summed E-state index contributed by atoms with van der Waals surface area (Å²) in [5.74, 6) is -0.154. The van der Waals surface area contributed by atoms with Crippen molar-refractivity contribution in [3.63, 3.8) is 0 Å². The molecule has 1 atom stereocenters. The molecule has 0 spiro atoms. The van der Waals surface area contributed by atoms with Crippen LogP contribution in [-0.4, -0.2) is 47.1 Å². The highest BCUT2D eigenvalue weighted by Gasteiger charge is 2.63. The molecule has 1 aliphatic heterocycles. The SMILES string of the molecule is C=C1CC(O)(C(F)(F)F)N(C(=O)c2cc(-c3ccc(OC)cc3OC)nc3ccccc23)N1. The van der Waals surface area contributed by atoms with Gasteiger partial charge in [0, 0.05) is 29.1 Å². The van der Waals surface area contributed by atoms with Crippen LogP contribution in [0.4, 0.5) is 13.2 Å². The standard InChI is InChI=1S/C23H20F3N3O4/c1-13-12-22(31,23(24,25)26)29(28-13)21(30)17-11-19(27-18-7-5-4-6-15(17)18)16-9-8-14(32-2)10-20(16)33-3/h4-11,28,31H,1,12H2,2-3H3. The number of ether oxygens (including phenoxy) is 2. The first kappa shape index (κ1) is 22.4. The number of benzene rings is 2. The van der Waals surface area contributed by atoms with Crippen LogP contribution >= 0.6 is 0 Å². The number of amides is 1. The number of fused-ring (bicyclic) bond motifs is 1. The van der Waals surface area contributed by atoms with Crippen LogP contribution in [0.2, 0.25) is 0 Å². The molecule has 10 heteroatoms. The van der Waals surface area contributed by atoms with Crippen molar-refractivity contribution >= 4 is 16.8 Å². The van der Waals surface area contributed by atoms with Crippen molar-refractivity contribution in [3.8, 4) is 22.8 Å². The van der Waals surface area contributed by atoms with E-state index in [4.69, 9.17) is 9.47 Å². The first-order valence-electron chi connectivity index (χ1n) is 9.79. The van der Waals surface area contributed by atoms with Crippen LogP contribution in [0, 0.1) is 0 Å². The smallest absolute Gasteiger partial charge is 0.438 e. The number of hydrogen-bond acceptors (Lipinski definition) is 6. The van der Waals surface area contributed by atoms with Gasteiger partial charge in [-0.25, -0.2) is 9.99 Å². The van der Waals surface area contributed by atoms with Crippen LogP contribution < -0.4 is 14.9 Å². The Morgan fingerprint density at radius 2 is 1.91 bits per heavy atom. The van der Waals surface area contributed by atoms with E-state index in [1.165, 1.54) is 20.3 Å². The fraction of sp³-hybridized carbons (Fsp3) is 0.217. The lowest BCUT2D eigenvalue weighted by molar-refractivity contribution is -0.299. The minimum atomic E-state index is -5.11. The van der Waals surface area contributed by atoms with Crippen molar-refractivity contribution in [1.29, 1.82) is 0 Å². The van der Waals surface area contributed by atoms with Crippen molar-refractivity contribution in [2.45, 2.75) is 18.3 Å². The Morgan fingerprint density at radius 1 is 1.18 bits per heavy atom. The van der Waals surface area contributed by atoms with Crippen molar-refractivity contribution in [2.24, 2.45) is 0 Å². The van der Waals surface area contributed by atoms with Crippen molar-refractivity contribution < 1.29 is 32.5 Å². The Bertz CT molecular complexity index is 1260. The zero-order chi connectivity index (χ0) is 24.0. The summed E-state index contributed by atoms with van der Waals surface area (Å²) in [6.45, 7) is 3.45. The van der Waals surface area contributed by atoms with Crippen molar-refractivity contribution in [1.82, 2.24) is 15.4 Å². The van der Waals surface area contributed by atoms with Crippen LogP contribution in [0.3, 0.4) is 0 Å². The summed E-state index contributed by atoms with van der Waals surface area (Å²) in [5, 5.41) is 10.9. The van der Waals surface area contributed by atoms with Gasteiger partial charge in [0.05, 0.1) is 31.0 Å². The number of para-hydroxylation sites is 1. The van der Waals surface area contributed by atoms with Gasteiger partial charge in [0.15, 0.2) is 0 Å². The average molecular weight is 459 g/mol. The highest BCUT2D eigenvalue weighted by molar-refractivity contribution is 6.07. The predicted octanol–water partition coefficient (Wildman–Crippen LogP) is 4.03. The van der Waals surface area contributed by atoms with Gasteiger partial charge < -0.3 is 14.6 Å². The molecule has 1 aromatic heterocycles. The van der Waals surface area contributed by atoms with E-state index in [0.29, 0.717) is 33.7 Å². The molecule has 0 radical (unpaired) electrons. The lowest BCUT2D eigenvalue weighted by atomic mass is 10.0. The minimum absolute atomic E-state index is 0.0849. The van der Waals surface area contributed by atoms with E-state index in [9.17, 15) is 23.1 Å². The Kier molecular flexibility index (Phi) is 5.41. The quantitative estimate of drug-likeness (QED) is 0.613. The monoisotopic (exact) mass is 459 g/mol. The number of pyridine rings is 1. The molecular formula is C23H20F3N3O4. The van der Waals surface area contributed by atoms with Crippen LogP contribution in [0.25, 0.3) is 22.2 Å². The fourth-order valence-electron chi connectivity index (χ4n) is 3.73. The lowest BCUT2D eigenvalue weighted by Crippen LogP contribution is -2.59. The number of rotatable bonds is 4. The number of methoxy groups -OCH3 is 2. The van der Waals surface area contributed by atoms with E-state index < -0.39 is 24.2 Å². The Morgan fingerprint density at radius 3 is 2.58 bits per heavy atom. The van der Waals surface area contributed by atoms with E-state index in [0.717, 1.165) is 0 Å². The van der Waals surface area contributed by atoms with E-state index >= 15 is 0 Å². The number of halogens is 3. The zero-order valence-electron chi connectivity index (χ0n) is 17.7. The second kappa shape index (κ2) is 7.96. The maximum Gasteiger partial charge on any atom is 0.438 e. The third kappa shape index (κ3) is 3.72. The van der Waals surface area contributed by atoms with E-state index in [1.54, 1.807) is 42.5 Å². The third-order valence-corrected chi connectivity index (χ3v) is 5.39. The molecule has 7 nitrogen and oxygen atoms in total. The number of alkyl halides is 3. The molecule has 0 aliphatic carbocycles. The molecule has 172 valence electrons. The second-order valence-corrected chi connectivity index (χ2v) is 7.49. The fourth-order valence-corrected chi connectivity index (χ4v) is 3.73. The van der Waals surface area contributed by atoms with Gasteiger partial charge in [0.2, 0.25) is 0 Å². The van der Waals surface area contributed by atoms with Crippen LogP contribution in [0.15, 0.2) is 60.8 Å². The Labute approximate surface area is 187 Å². The zero-order valence-corrected chi connectivity index (χ0v) is 17.7. The van der Waals surface area contributed by atoms with Crippen molar-refractivity contribution in [3.05, 3.63) is 66.4 Å².